The molecule has 9 heteroatoms. The molecule has 1 rings (SSSR count). The summed E-state index contributed by atoms with van der Waals surface area (Å²) in [6.07, 6.45) is -17.0. The molecule has 0 unspecified atom stereocenters. The lowest BCUT2D eigenvalue weighted by Gasteiger charge is -2.19. The lowest BCUT2D eigenvalue weighted by Crippen LogP contribution is -2.23. The van der Waals surface area contributed by atoms with Crippen LogP contribution in [-0.2, 0) is 18.5 Å². The Morgan fingerprint density at radius 1 is 0.611 bits per heavy atom. The van der Waals surface area contributed by atoms with Gasteiger partial charge in [0.25, 0.3) is 0 Å². The molecule has 1 aromatic carbocycles. The summed E-state index contributed by atoms with van der Waals surface area (Å²) in [4.78, 5) is 0. The lowest BCUT2D eigenvalue weighted by atomic mass is 9.99. The predicted molar refractivity (Wildman–Crippen MR) is 39.1 cm³/mol. The van der Waals surface area contributed by atoms with E-state index >= 15 is 0 Å². The second-order valence-corrected chi connectivity index (χ2v) is 3.05. The Bertz CT molecular complexity index is 403. The van der Waals surface area contributed by atoms with Gasteiger partial charge in [0.15, 0.2) is 0 Å². The van der Waals surface area contributed by atoms with Gasteiger partial charge in [-0.2, -0.15) is 39.5 Å². The monoisotopic (exact) mass is 280 g/mol. The SMILES string of the molecule is FC(F)(F)c1[c]c[c]c(C(F)(F)F)c1C(F)(F)F. The van der Waals surface area contributed by atoms with Crippen molar-refractivity contribution in [2.75, 3.05) is 0 Å². The summed E-state index contributed by atoms with van der Waals surface area (Å²) in [6.45, 7) is 0. The number of hydrogen-bond donors (Lipinski definition) is 0. The Balaban J connectivity index is 3.68. The number of alkyl halides is 9. The van der Waals surface area contributed by atoms with Gasteiger partial charge < -0.3 is 0 Å². The van der Waals surface area contributed by atoms with Crippen LogP contribution >= 0.6 is 0 Å². The van der Waals surface area contributed by atoms with Crippen molar-refractivity contribution in [3.05, 3.63) is 34.9 Å². The molecule has 0 saturated carbocycles. The maximum absolute atomic E-state index is 12.3. The van der Waals surface area contributed by atoms with E-state index in [1.807, 2.05) is 0 Å². The highest BCUT2D eigenvalue weighted by molar-refractivity contribution is 5.39. The van der Waals surface area contributed by atoms with Gasteiger partial charge in [0.1, 0.15) is 0 Å². The Kier molecular flexibility index (Phi) is 3.30. The van der Waals surface area contributed by atoms with Crippen molar-refractivity contribution in [2.45, 2.75) is 18.5 Å². The molecular formula is C9HF9. The van der Waals surface area contributed by atoms with E-state index in [0.717, 1.165) is 12.1 Å². The molecular weight excluding hydrogens is 279 g/mol. The summed E-state index contributed by atoms with van der Waals surface area (Å²) in [5.74, 6) is 0. The van der Waals surface area contributed by atoms with Crippen LogP contribution in [0.2, 0.25) is 0 Å². The molecule has 0 nitrogen and oxygen atoms in total. The van der Waals surface area contributed by atoms with E-state index in [1.54, 1.807) is 0 Å². The molecule has 100 valence electrons. The zero-order chi connectivity index (χ0) is 14.4. The first-order valence-electron chi connectivity index (χ1n) is 4.03. The fourth-order valence-electron chi connectivity index (χ4n) is 1.18. The van der Waals surface area contributed by atoms with Gasteiger partial charge in [0.2, 0.25) is 0 Å². The minimum atomic E-state index is -5.82. The normalized spacial score (nSPS) is 13.8. The highest BCUT2D eigenvalue weighted by Crippen LogP contribution is 2.45. The molecule has 0 fully saturated rings. The van der Waals surface area contributed by atoms with Gasteiger partial charge in [-0.05, 0) is 18.2 Å². The molecule has 0 saturated heterocycles. The Hall–Kier alpha value is -1.41. The molecule has 0 amide bonds. The second-order valence-electron chi connectivity index (χ2n) is 3.05. The first-order chi connectivity index (χ1) is 7.85. The van der Waals surface area contributed by atoms with Crippen molar-refractivity contribution in [1.29, 1.82) is 0 Å². The quantitative estimate of drug-likeness (QED) is 0.620. The average molecular weight is 280 g/mol. The van der Waals surface area contributed by atoms with Gasteiger partial charge in [0.05, 0.1) is 16.7 Å². The molecule has 0 atom stereocenters. The van der Waals surface area contributed by atoms with E-state index in [0.29, 0.717) is 0 Å². The van der Waals surface area contributed by atoms with Gasteiger partial charge >= 0.3 is 18.5 Å². The van der Waals surface area contributed by atoms with Crippen molar-refractivity contribution in [3.8, 4) is 0 Å². The zero-order valence-electron chi connectivity index (χ0n) is 7.98. The Labute approximate surface area is 94.0 Å². The number of hydrogen-bond acceptors (Lipinski definition) is 0. The van der Waals surface area contributed by atoms with E-state index < -0.39 is 35.2 Å². The summed E-state index contributed by atoms with van der Waals surface area (Å²) in [6, 6.07) is 2.22. The third-order valence-corrected chi connectivity index (χ3v) is 1.78. The largest absolute Gasteiger partial charge is 0.417 e. The summed E-state index contributed by atoms with van der Waals surface area (Å²) < 4.78 is 110. The maximum Gasteiger partial charge on any atom is 0.417 e. The van der Waals surface area contributed by atoms with Crippen molar-refractivity contribution < 1.29 is 39.5 Å². The second kappa shape index (κ2) is 4.06. The van der Waals surface area contributed by atoms with E-state index in [1.165, 1.54) is 0 Å². The molecule has 2 radical (unpaired) electrons. The average Bonchev–Trinajstić information content (AvgIpc) is 2.12. The summed E-state index contributed by atoms with van der Waals surface area (Å²) in [5, 5.41) is 0. The number of halogens is 9. The molecule has 18 heavy (non-hydrogen) atoms. The van der Waals surface area contributed by atoms with E-state index in [9.17, 15) is 39.5 Å². The molecule has 0 bridgehead atoms. The Morgan fingerprint density at radius 2 is 0.944 bits per heavy atom. The van der Waals surface area contributed by atoms with Crippen LogP contribution in [-0.4, -0.2) is 0 Å². The third-order valence-electron chi connectivity index (χ3n) is 1.78. The summed E-state index contributed by atoms with van der Waals surface area (Å²) >= 11 is 0. The standard InChI is InChI=1S/C9HF9/c10-7(11,12)4-2-1-3-5(8(13,14)15)6(4)9(16,17)18/h1H. The number of rotatable bonds is 0. The van der Waals surface area contributed by atoms with Gasteiger partial charge in [-0.3, -0.25) is 0 Å². The van der Waals surface area contributed by atoms with Crippen LogP contribution in [0.5, 0.6) is 0 Å². The minimum absolute atomic E-state index is 0.0287. The highest BCUT2D eigenvalue weighted by Gasteiger charge is 2.50. The smallest absolute Gasteiger partial charge is 0.166 e. The van der Waals surface area contributed by atoms with E-state index in [2.05, 4.69) is 0 Å². The summed E-state index contributed by atoms with van der Waals surface area (Å²) in [7, 11) is 0. The van der Waals surface area contributed by atoms with Crippen LogP contribution in [0.3, 0.4) is 0 Å². The van der Waals surface area contributed by atoms with Crippen LogP contribution in [0, 0.1) is 12.1 Å². The van der Waals surface area contributed by atoms with Crippen LogP contribution in [0.4, 0.5) is 39.5 Å². The van der Waals surface area contributed by atoms with Crippen molar-refractivity contribution in [2.24, 2.45) is 0 Å². The molecule has 0 aliphatic carbocycles. The third kappa shape index (κ3) is 2.88. The summed E-state index contributed by atoms with van der Waals surface area (Å²) in [5.41, 5.74) is -7.85. The highest BCUT2D eigenvalue weighted by atomic mass is 19.4. The van der Waals surface area contributed by atoms with Crippen molar-refractivity contribution >= 4 is 0 Å². The fraction of sp³-hybridized carbons (Fsp3) is 0.333. The van der Waals surface area contributed by atoms with Crippen molar-refractivity contribution in [1.82, 2.24) is 0 Å². The first-order valence-corrected chi connectivity index (χ1v) is 4.03. The van der Waals surface area contributed by atoms with Gasteiger partial charge in [-0.25, -0.2) is 0 Å². The zero-order valence-corrected chi connectivity index (χ0v) is 7.98. The molecule has 0 heterocycles. The lowest BCUT2D eigenvalue weighted by molar-refractivity contribution is -0.174. The fourth-order valence-corrected chi connectivity index (χ4v) is 1.18. The van der Waals surface area contributed by atoms with Gasteiger partial charge in [-0.15, -0.1) is 0 Å². The van der Waals surface area contributed by atoms with Crippen LogP contribution in [0.15, 0.2) is 6.07 Å². The first kappa shape index (κ1) is 14.7. The molecule has 0 N–H and O–H groups in total. The molecule has 0 aliphatic rings. The molecule has 0 aromatic heterocycles. The van der Waals surface area contributed by atoms with Crippen molar-refractivity contribution in [3.63, 3.8) is 0 Å². The van der Waals surface area contributed by atoms with Crippen LogP contribution in [0.1, 0.15) is 16.7 Å². The van der Waals surface area contributed by atoms with Gasteiger partial charge in [-0.1, -0.05) is 0 Å². The van der Waals surface area contributed by atoms with Crippen LogP contribution < -0.4 is 0 Å². The minimum Gasteiger partial charge on any atom is -0.166 e. The molecule has 0 spiro atoms. The van der Waals surface area contributed by atoms with E-state index in [4.69, 9.17) is 0 Å². The molecule has 1 aromatic rings. The Morgan fingerprint density at radius 3 is 1.17 bits per heavy atom. The van der Waals surface area contributed by atoms with E-state index in [-0.39, 0.29) is 6.07 Å². The van der Waals surface area contributed by atoms with Gasteiger partial charge in [0, 0.05) is 0 Å². The number of benzene rings is 1. The topological polar surface area (TPSA) is 0 Å². The maximum atomic E-state index is 12.3. The molecule has 0 aliphatic heterocycles. The van der Waals surface area contributed by atoms with Crippen LogP contribution in [0.25, 0.3) is 0 Å². The predicted octanol–water partition coefficient (Wildman–Crippen LogP) is 4.34.